The number of hydrogen-bond donors (Lipinski definition) is 1. The lowest BCUT2D eigenvalue weighted by atomic mass is 10.1. The van der Waals surface area contributed by atoms with Crippen LogP contribution in [0.25, 0.3) is 0 Å². The zero-order valence-corrected chi connectivity index (χ0v) is 10.4. The second-order valence-corrected chi connectivity index (χ2v) is 5.14. The molecule has 0 radical (unpaired) electrons. The highest BCUT2D eigenvalue weighted by Gasteiger charge is 2.34. The fourth-order valence-corrected chi connectivity index (χ4v) is 3.05. The predicted molar refractivity (Wildman–Crippen MR) is 69.3 cm³/mol. The average Bonchev–Trinajstić information content (AvgIpc) is 2.71. The van der Waals surface area contributed by atoms with E-state index in [0.29, 0.717) is 25.2 Å². The lowest BCUT2D eigenvalue weighted by Crippen LogP contribution is -2.43. The summed E-state index contributed by atoms with van der Waals surface area (Å²) >= 11 is 0. The van der Waals surface area contributed by atoms with Gasteiger partial charge in [-0.05, 0) is 37.9 Å². The molecule has 1 aromatic carbocycles. The van der Waals surface area contributed by atoms with Crippen molar-refractivity contribution >= 4 is 5.69 Å². The zero-order chi connectivity index (χ0) is 12.5. The topological polar surface area (TPSA) is 38.5 Å². The summed E-state index contributed by atoms with van der Waals surface area (Å²) in [6, 6.07) is 5.30. The third-order valence-corrected chi connectivity index (χ3v) is 3.87. The van der Waals surface area contributed by atoms with Crippen molar-refractivity contribution in [1.82, 2.24) is 0 Å². The summed E-state index contributed by atoms with van der Waals surface area (Å²) < 4.78 is 19.7. The van der Waals surface area contributed by atoms with Crippen LogP contribution in [0.4, 0.5) is 10.1 Å². The Morgan fingerprint density at radius 2 is 2.00 bits per heavy atom. The lowest BCUT2D eigenvalue weighted by Gasteiger charge is -2.35. The Bertz CT molecular complexity index is 426. The molecule has 2 saturated heterocycles. The summed E-state index contributed by atoms with van der Waals surface area (Å²) in [7, 11) is 0. The fourth-order valence-electron chi connectivity index (χ4n) is 3.05. The minimum Gasteiger partial charge on any atom is -0.371 e. The number of nitrogens with zero attached hydrogens (tertiary/aromatic N) is 1. The van der Waals surface area contributed by atoms with Gasteiger partial charge < -0.3 is 15.4 Å². The van der Waals surface area contributed by atoms with E-state index in [1.807, 2.05) is 6.07 Å². The molecule has 0 aromatic heterocycles. The van der Waals surface area contributed by atoms with Gasteiger partial charge in [-0.25, -0.2) is 4.39 Å². The zero-order valence-electron chi connectivity index (χ0n) is 10.4. The van der Waals surface area contributed by atoms with E-state index >= 15 is 0 Å². The van der Waals surface area contributed by atoms with Crippen molar-refractivity contribution in [2.24, 2.45) is 5.73 Å². The van der Waals surface area contributed by atoms with Gasteiger partial charge in [0, 0.05) is 24.3 Å². The second kappa shape index (κ2) is 4.86. The molecule has 2 unspecified atom stereocenters. The molecule has 0 aliphatic carbocycles. The van der Waals surface area contributed by atoms with Crippen molar-refractivity contribution in [3.05, 3.63) is 29.6 Å². The van der Waals surface area contributed by atoms with Crippen LogP contribution in [-0.4, -0.2) is 31.8 Å². The Kier molecular flexibility index (Phi) is 3.22. The van der Waals surface area contributed by atoms with E-state index in [1.54, 1.807) is 6.07 Å². The first kappa shape index (κ1) is 11.9. The van der Waals surface area contributed by atoms with Crippen LogP contribution in [0.2, 0.25) is 0 Å². The molecule has 0 saturated carbocycles. The molecule has 2 aliphatic heterocycles. The first-order valence-electron chi connectivity index (χ1n) is 6.66. The van der Waals surface area contributed by atoms with Crippen LogP contribution in [-0.2, 0) is 11.2 Å². The van der Waals surface area contributed by atoms with Crippen LogP contribution in [0.1, 0.15) is 18.4 Å². The van der Waals surface area contributed by atoms with Crippen LogP contribution in [0.15, 0.2) is 18.2 Å². The number of benzene rings is 1. The van der Waals surface area contributed by atoms with E-state index in [-0.39, 0.29) is 5.82 Å². The minimum absolute atomic E-state index is 0.142. The summed E-state index contributed by atoms with van der Waals surface area (Å²) in [5.74, 6) is -0.142. The maximum atomic E-state index is 13.9. The van der Waals surface area contributed by atoms with Crippen molar-refractivity contribution in [3.63, 3.8) is 0 Å². The molecule has 98 valence electrons. The number of morpholine rings is 1. The van der Waals surface area contributed by atoms with Crippen molar-refractivity contribution in [3.8, 4) is 0 Å². The minimum atomic E-state index is -0.142. The normalized spacial score (nSPS) is 26.7. The maximum Gasteiger partial charge on any atom is 0.128 e. The highest BCUT2D eigenvalue weighted by molar-refractivity contribution is 5.55. The molecular weight excluding hydrogens is 231 g/mol. The number of halogens is 1. The van der Waals surface area contributed by atoms with Gasteiger partial charge in [0.1, 0.15) is 5.82 Å². The monoisotopic (exact) mass is 250 g/mol. The number of anilines is 1. The largest absolute Gasteiger partial charge is 0.371 e. The molecule has 3 rings (SSSR count). The van der Waals surface area contributed by atoms with E-state index in [4.69, 9.17) is 10.5 Å². The van der Waals surface area contributed by atoms with Crippen molar-refractivity contribution in [1.29, 1.82) is 0 Å². The van der Waals surface area contributed by atoms with Gasteiger partial charge in [0.2, 0.25) is 0 Å². The summed E-state index contributed by atoms with van der Waals surface area (Å²) in [4.78, 5) is 2.26. The van der Waals surface area contributed by atoms with Crippen LogP contribution >= 0.6 is 0 Å². The molecule has 2 aliphatic rings. The summed E-state index contributed by atoms with van der Waals surface area (Å²) in [5.41, 5.74) is 7.34. The van der Waals surface area contributed by atoms with E-state index in [1.165, 1.54) is 6.07 Å². The second-order valence-electron chi connectivity index (χ2n) is 5.14. The van der Waals surface area contributed by atoms with E-state index < -0.39 is 0 Å². The molecule has 2 atom stereocenters. The summed E-state index contributed by atoms with van der Waals surface area (Å²) in [6.07, 6.45) is 3.48. The Morgan fingerprint density at radius 3 is 2.67 bits per heavy atom. The predicted octanol–water partition coefficient (Wildman–Crippen LogP) is 1.69. The third-order valence-electron chi connectivity index (χ3n) is 3.87. The smallest absolute Gasteiger partial charge is 0.128 e. The van der Waals surface area contributed by atoms with Crippen LogP contribution in [0, 0.1) is 5.82 Å². The van der Waals surface area contributed by atoms with Gasteiger partial charge in [0.05, 0.1) is 12.2 Å². The molecular formula is C14H19FN2O. The Morgan fingerprint density at radius 1 is 1.28 bits per heavy atom. The van der Waals surface area contributed by atoms with Crippen molar-refractivity contribution in [2.75, 3.05) is 24.5 Å². The fraction of sp³-hybridized carbons (Fsp3) is 0.571. The molecule has 2 heterocycles. The molecule has 0 spiro atoms. The first-order chi connectivity index (χ1) is 8.78. The molecule has 1 aromatic rings. The van der Waals surface area contributed by atoms with Gasteiger partial charge in [-0.2, -0.15) is 0 Å². The Labute approximate surface area is 107 Å². The highest BCUT2D eigenvalue weighted by Crippen LogP contribution is 2.32. The van der Waals surface area contributed by atoms with Crippen LogP contribution in [0.5, 0.6) is 0 Å². The molecule has 3 nitrogen and oxygen atoms in total. The van der Waals surface area contributed by atoms with E-state index in [9.17, 15) is 4.39 Å². The molecule has 2 bridgehead atoms. The van der Waals surface area contributed by atoms with Gasteiger partial charge in [-0.1, -0.05) is 6.07 Å². The van der Waals surface area contributed by atoms with Gasteiger partial charge in [0.15, 0.2) is 0 Å². The SMILES string of the molecule is NCCc1c(F)cccc1N1CC2CCC(C1)O2. The number of fused-ring (bicyclic) bond motifs is 2. The molecule has 2 fully saturated rings. The van der Waals surface area contributed by atoms with Crippen molar-refractivity contribution in [2.45, 2.75) is 31.5 Å². The van der Waals surface area contributed by atoms with E-state index in [0.717, 1.165) is 37.2 Å². The van der Waals surface area contributed by atoms with Gasteiger partial charge >= 0.3 is 0 Å². The lowest BCUT2D eigenvalue weighted by molar-refractivity contribution is 0.0304. The average molecular weight is 250 g/mol. The van der Waals surface area contributed by atoms with E-state index in [2.05, 4.69) is 4.90 Å². The van der Waals surface area contributed by atoms with Crippen molar-refractivity contribution < 1.29 is 9.13 Å². The molecule has 0 amide bonds. The molecule has 18 heavy (non-hydrogen) atoms. The Balaban J connectivity index is 1.89. The van der Waals surface area contributed by atoms with Gasteiger partial charge in [-0.15, -0.1) is 0 Å². The number of nitrogens with two attached hydrogens (primary N) is 1. The number of hydrogen-bond acceptors (Lipinski definition) is 3. The van der Waals surface area contributed by atoms with Crippen LogP contribution < -0.4 is 10.6 Å². The number of ether oxygens (including phenoxy) is 1. The third kappa shape index (κ3) is 2.10. The summed E-state index contributed by atoms with van der Waals surface area (Å²) in [6.45, 7) is 2.22. The van der Waals surface area contributed by atoms with Crippen LogP contribution in [0.3, 0.4) is 0 Å². The number of rotatable bonds is 3. The van der Waals surface area contributed by atoms with Gasteiger partial charge in [-0.3, -0.25) is 0 Å². The first-order valence-corrected chi connectivity index (χ1v) is 6.66. The highest BCUT2D eigenvalue weighted by atomic mass is 19.1. The summed E-state index contributed by atoms with van der Waals surface area (Å²) in [5, 5.41) is 0. The molecule has 2 N–H and O–H groups in total. The maximum absolute atomic E-state index is 13.9. The molecule has 4 heteroatoms. The van der Waals surface area contributed by atoms with Gasteiger partial charge in [0.25, 0.3) is 0 Å². The quantitative estimate of drug-likeness (QED) is 0.887. The Hall–Kier alpha value is -1.13. The standard InChI is InChI=1S/C14H19FN2O/c15-13-2-1-3-14(12(13)6-7-16)17-8-10-4-5-11(9-17)18-10/h1-3,10-11H,4-9,16H2.